The molecule has 0 amide bonds. The smallest absolute Gasteiger partial charge is 0.255 e. The summed E-state index contributed by atoms with van der Waals surface area (Å²) in [7, 11) is 2.04. The van der Waals surface area contributed by atoms with Crippen molar-refractivity contribution in [2.45, 2.75) is 25.0 Å². The summed E-state index contributed by atoms with van der Waals surface area (Å²) < 4.78 is 13.4. The number of hydrogen-bond acceptors (Lipinski definition) is 3. The second-order valence-corrected chi connectivity index (χ2v) is 5.87. The normalized spacial score (nSPS) is 18.4. The van der Waals surface area contributed by atoms with Gasteiger partial charge in [0.2, 0.25) is 0 Å². The van der Waals surface area contributed by atoms with Gasteiger partial charge in [0.05, 0.1) is 17.1 Å². The largest absolute Gasteiger partial charge is 0.456 e. The minimum absolute atomic E-state index is 0.556. The lowest BCUT2D eigenvalue weighted by molar-refractivity contribution is -0.149. The van der Waals surface area contributed by atoms with Crippen molar-refractivity contribution >= 4 is 11.6 Å². The Labute approximate surface area is 128 Å². The monoisotopic (exact) mass is 302 g/mol. The lowest BCUT2D eigenvalue weighted by Crippen LogP contribution is -2.37. The van der Waals surface area contributed by atoms with Gasteiger partial charge >= 0.3 is 0 Å². The van der Waals surface area contributed by atoms with Crippen molar-refractivity contribution in [1.82, 2.24) is 9.55 Å². The summed E-state index contributed by atoms with van der Waals surface area (Å²) in [6.07, 6.45) is 5.60. The molecule has 2 aromatic rings. The summed E-state index contributed by atoms with van der Waals surface area (Å²) in [6, 6.07) is 7.79. The molecule has 1 aromatic carbocycles. The summed E-state index contributed by atoms with van der Waals surface area (Å²) in [4.78, 5) is 4.79. The molecule has 0 N–H and O–H groups in total. The van der Waals surface area contributed by atoms with Crippen LogP contribution in [-0.2, 0) is 29.4 Å². The fourth-order valence-electron chi connectivity index (χ4n) is 3.11. The molecule has 0 saturated heterocycles. The Morgan fingerprint density at radius 3 is 2.76 bits per heavy atom. The lowest BCUT2D eigenvalue weighted by Gasteiger charge is -2.30. The zero-order chi connectivity index (χ0) is 14.4. The average Bonchev–Trinajstić information content (AvgIpc) is 3.05. The maximum Gasteiger partial charge on any atom is 0.255 e. The SMILES string of the molecule is Cn1c(-c2ccccc2Cl)nc2c1CCC1(C2)OC=CO1. The summed E-state index contributed by atoms with van der Waals surface area (Å²) in [5.74, 6) is 0.340. The first kappa shape index (κ1) is 12.8. The molecule has 108 valence electrons. The van der Waals surface area contributed by atoms with Gasteiger partial charge in [-0.25, -0.2) is 4.98 Å². The van der Waals surface area contributed by atoms with Crippen molar-refractivity contribution in [3.8, 4) is 11.4 Å². The Bertz CT molecular complexity index is 728. The number of rotatable bonds is 1. The third-order valence-electron chi connectivity index (χ3n) is 4.21. The van der Waals surface area contributed by atoms with E-state index < -0.39 is 5.79 Å². The summed E-state index contributed by atoms with van der Waals surface area (Å²) in [6.45, 7) is 0. The highest BCUT2D eigenvalue weighted by Gasteiger charge is 2.41. The molecule has 5 heteroatoms. The quantitative estimate of drug-likeness (QED) is 0.809. The Kier molecular flexibility index (Phi) is 2.76. The number of ether oxygens (including phenoxy) is 2. The van der Waals surface area contributed by atoms with Crippen molar-refractivity contribution in [3.05, 3.63) is 53.2 Å². The molecule has 4 nitrogen and oxygen atoms in total. The van der Waals surface area contributed by atoms with Crippen molar-refractivity contribution in [3.63, 3.8) is 0 Å². The predicted molar refractivity (Wildman–Crippen MR) is 79.7 cm³/mol. The molecule has 2 aliphatic rings. The number of benzene rings is 1. The maximum absolute atomic E-state index is 6.30. The second kappa shape index (κ2) is 4.53. The molecule has 0 bridgehead atoms. The highest BCUT2D eigenvalue weighted by atomic mass is 35.5. The Morgan fingerprint density at radius 1 is 1.24 bits per heavy atom. The molecule has 21 heavy (non-hydrogen) atoms. The minimum atomic E-state index is -0.556. The second-order valence-electron chi connectivity index (χ2n) is 5.46. The van der Waals surface area contributed by atoms with Crippen LogP contribution in [0.25, 0.3) is 11.4 Å². The van der Waals surface area contributed by atoms with Crippen LogP contribution in [0.15, 0.2) is 36.8 Å². The number of imidazole rings is 1. The van der Waals surface area contributed by atoms with Crippen LogP contribution < -0.4 is 0 Å². The van der Waals surface area contributed by atoms with Gasteiger partial charge in [0.25, 0.3) is 5.79 Å². The van der Waals surface area contributed by atoms with Crippen molar-refractivity contribution in [2.75, 3.05) is 0 Å². The molecular weight excluding hydrogens is 288 g/mol. The zero-order valence-electron chi connectivity index (χ0n) is 11.7. The molecule has 0 saturated carbocycles. The molecule has 1 spiro atoms. The van der Waals surface area contributed by atoms with Gasteiger partial charge in [-0.2, -0.15) is 0 Å². The van der Waals surface area contributed by atoms with E-state index in [1.165, 1.54) is 5.69 Å². The zero-order valence-corrected chi connectivity index (χ0v) is 12.4. The Morgan fingerprint density at radius 2 is 2.00 bits per heavy atom. The van der Waals surface area contributed by atoms with E-state index in [4.69, 9.17) is 26.1 Å². The predicted octanol–water partition coefficient (Wildman–Crippen LogP) is 3.44. The van der Waals surface area contributed by atoms with Gasteiger partial charge in [0, 0.05) is 24.7 Å². The first-order valence-electron chi connectivity index (χ1n) is 6.99. The molecule has 1 aliphatic heterocycles. The Balaban J connectivity index is 1.77. The van der Waals surface area contributed by atoms with E-state index in [1.807, 2.05) is 31.3 Å². The first-order valence-corrected chi connectivity index (χ1v) is 7.36. The van der Waals surface area contributed by atoms with Gasteiger partial charge in [0.1, 0.15) is 18.3 Å². The number of halogens is 1. The van der Waals surface area contributed by atoms with Crippen molar-refractivity contribution in [1.29, 1.82) is 0 Å². The van der Waals surface area contributed by atoms with Gasteiger partial charge in [-0.3, -0.25) is 0 Å². The standard InChI is InChI=1S/C16H15ClN2O2/c1-19-14-6-7-16(20-8-9-21-16)10-13(14)18-15(19)11-4-2-3-5-12(11)17/h2-5,8-9H,6-7,10H2,1H3. The average molecular weight is 303 g/mol. The van der Waals surface area contributed by atoms with Crippen LogP contribution in [0.3, 0.4) is 0 Å². The van der Waals surface area contributed by atoms with E-state index >= 15 is 0 Å². The van der Waals surface area contributed by atoms with Crippen LogP contribution in [0.5, 0.6) is 0 Å². The van der Waals surface area contributed by atoms with Gasteiger partial charge in [0.15, 0.2) is 0 Å². The molecule has 0 radical (unpaired) electrons. The van der Waals surface area contributed by atoms with Crippen LogP contribution in [0.1, 0.15) is 17.8 Å². The van der Waals surface area contributed by atoms with E-state index in [0.29, 0.717) is 11.4 Å². The highest BCUT2D eigenvalue weighted by molar-refractivity contribution is 6.33. The fourth-order valence-corrected chi connectivity index (χ4v) is 3.33. The van der Waals surface area contributed by atoms with Crippen LogP contribution in [-0.4, -0.2) is 15.3 Å². The van der Waals surface area contributed by atoms with Gasteiger partial charge in [-0.1, -0.05) is 23.7 Å². The van der Waals surface area contributed by atoms with Crippen LogP contribution in [0.2, 0.25) is 5.02 Å². The van der Waals surface area contributed by atoms with E-state index in [-0.39, 0.29) is 0 Å². The molecule has 1 aromatic heterocycles. The minimum Gasteiger partial charge on any atom is -0.456 e. The van der Waals surface area contributed by atoms with E-state index in [9.17, 15) is 0 Å². The summed E-state index contributed by atoms with van der Waals surface area (Å²) in [5.41, 5.74) is 3.22. The number of aromatic nitrogens is 2. The van der Waals surface area contributed by atoms with Crippen molar-refractivity contribution < 1.29 is 9.47 Å². The molecule has 2 heterocycles. The summed E-state index contributed by atoms with van der Waals surface area (Å²) in [5, 5.41) is 0.715. The molecule has 4 rings (SSSR count). The van der Waals surface area contributed by atoms with Gasteiger partial charge in [-0.15, -0.1) is 0 Å². The Hall–Kier alpha value is -1.94. The topological polar surface area (TPSA) is 36.3 Å². The molecule has 0 atom stereocenters. The highest BCUT2D eigenvalue weighted by Crippen LogP contribution is 2.37. The molecule has 1 aliphatic carbocycles. The fraction of sp³-hybridized carbons (Fsp3) is 0.312. The lowest BCUT2D eigenvalue weighted by atomic mass is 9.94. The number of fused-ring (bicyclic) bond motifs is 1. The number of nitrogens with zero attached hydrogens (tertiary/aromatic N) is 2. The molecule has 0 unspecified atom stereocenters. The van der Waals surface area contributed by atoms with Crippen LogP contribution in [0.4, 0.5) is 0 Å². The van der Waals surface area contributed by atoms with E-state index in [2.05, 4.69) is 4.57 Å². The van der Waals surface area contributed by atoms with Gasteiger partial charge < -0.3 is 14.0 Å². The third-order valence-corrected chi connectivity index (χ3v) is 4.54. The van der Waals surface area contributed by atoms with E-state index in [1.54, 1.807) is 12.5 Å². The first-order chi connectivity index (χ1) is 10.2. The van der Waals surface area contributed by atoms with E-state index in [0.717, 1.165) is 29.9 Å². The molecule has 0 fully saturated rings. The maximum atomic E-state index is 6.30. The van der Waals surface area contributed by atoms with Gasteiger partial charge in [-0.05, 0) is 18.6 Å². The number of hydrogen-bond donors (Lipinski definition) is 0. The van der Waals surface area contributed by atoms with Crippen LogP contribution in [0, 0.1) is 0 Å². The molecular formula is C16H15ClN2O2. The summed E-state index contributed by atoms with van der Waals surface area (Å²) >= 11 is 6.30. The van der Waals surface area contributed by atoms with Crippen LogP contribution >= 0.6 is 11.6 Å². The van der Waals surface area contributed by atoms with Crippen molar-refractivity contribution in [2.24, 2.45) is 7.05 Å². The third kappa shape index (κ3) is 1.94.